The van der Waals surface area contributed by atoms with Gasteiger partial charge in [-0.05, 0) is 52.4 Å². The third-order valence-electron chi connectivity index (χ3n) is 2.93. The zero-order valence-corrected chi connectivity index (χ0v) is 12.4. The summed E-state index contributed by atoms with van der Waals surface area (Å²) in [7, 11) is 0. The predicted octanol–water partition coefficient (Wildman–Crippen LogP) is 4.37. The monoisotopic (exact) mass is 309 g/mol. The van der Waals surface area contributed by atoms with Gasteiger partial charge >= 0.3 is 0 Å². The topological polar surface area (TPSA) is 26.0 Å². The number of rotatable bonds is 3. The van der Waals surface area contributed by atoms with Crippen molar-refractivity contribution in [3.8, 4) is 0 Å². The number of aryl methyl sites for hydroxylation is 2. The summed E-state index contributed by atoms with van der Waals surface area (Å²) in [5, 5.41) is 2.09. The van der Waals surface area contributed by atoms with Gasteiger partial charge in [-0.25, -0.2) is 0 Å². The quantitative estimate of drug-likeness (QED) is 0.895. The third-order valence-corrected chi connectivity index (χ3v) is 4.88. The molecule has 1 atom stereocenters. The second-order valence-corrected chi connectivity index (χ2v) is 6.22. The molecule has 0 aliphatic rings. The van der Waals surface area contributed by atoms with Gasteiger partial charge in [0.1, 0.15) is 0 Å². The van der Waals surface area contributed by atoms with Gasteiger partial charge in [0.15, 0.2) is 0 Å². The highest BCUT2D eigenvalue weighted by Crippen LogP contribution is 2.28. The van der Waals surface area contributed by atoms with Crippen LogP contribution >= 0.6 is 27.3 Å². The van der Waals surface area contributed by atoms with Crippen LogP contribution < -0.4 is 5.73 Å². The van der Waals surface area contributed by atoms with E-state index >= 15 is 0 Å². The van der Waals surface area contributed by atoms with E-state index in [2.05, 4.69) is 59.4 Å². The number of halogens is 1. The molecule has 90 valence electrons. The molecule has 2 aromatic rings. The molecule has 1 unspecified atom stereocenters. The van der Waals surface area contributed by atoms with Crippen LogP contribution in [0.5, 0.6) is 0 Å². The Labute approximate surface area is 115 Å². The van der Waals surface area contributed by atoms with Gasteiger partial charge in [0, 0.05) is 21.8 Å². The van der Waals surface area contributed by atoms with E-state index in [1.165, 1.54) is 26.0 Å². The normalized spacial score (nSPS) is 12.7. The van der Waals surface area contributed by atoms with Crippen molar-refractivity contribution < 1.29 is 0 Å². The first kappa shape index (κ1) is 12.8. The Kier molecular flexibility index (Phi) is 4.02. The minimum absolute atomic E-state index is 0.0739. The molecule has 1 heterocycles. The molecule has 17 heavy (non-hydrogen) atoms. The number of benzene rings is 1. The zero-order valence-electron chi connectivity index (χ0n) is 10.0. The Morgan fingerprint density at radius 2 is 2.06 bits per heavy atom. The Morgan fingerprint density at radius 3 is 2.71 bits per heavy atom. The lowest BCUT2D eigenvalue weighted by Crippen LogP contribution is -2.14. The molecule has 1 aromatic carbocycles. The molecule has 0 aliphatic carbocycles. The van der Waals surface area contributed by atoms with E-state index in [9.17, 15) is 0 Å². The van der Waals surface area contributed by atoms with E-state index in [0.29, 0.717) is 0 Å². The summed E-state index contributed by atoms with van der Waals surface area (Å²) in [5.74, 6) is 0. The van der Waals surface area contributed by atoms with Crippen LogP contribution in [-0.2, 0) is 6.42 Å². The fourth-order valence-electron chi connectivity index (χ4n) is 1.94. The molecule has 0 aliphatic heterocycles. The molecule has 1 nitrogen and oxygen atoms in total. The molecule has 0 bridgehead atoms. The Balaban J connectivity index is 2.23. The highest BCUT2D eigenvalue weighted by atomic mass is 79.9. The van der Waals surface area contributed by atoms with Crippen molar-refractivity contribution >= 4 is 27.3 Å². The average molecular weight is 310 g/mol. The van der Waals surface area contributed by atoms with Crippen LogP contribution in [0.4, 0.5) is 0 Å². The van der Waals surface area contributed by atoms with Crippen molar-refractivity contribution in [2.24, 2.45) is 5.73 Å². The van der Waals surface area contributed by atoms with Gasteiger partial charge in [0.25, 0.3) is 0 Å². The summed E-state index contributed by atoms with van der Waals surface area (Å²) in [6.45, 7) is 4.23. The molecule has 3 heteroatoms. The highest BCUT2D eigenvalue weighted by Gasteiger charge is 2.12. The van der Waals surface area contributed by atoms with E-state index < -0.39 is 0 Å². The summed E-state index contributed by atoms with van der Waals surface area (Å²) < 4.78 is 1.17. The lowest BCUT2D eigenvalue weighted by atomic mass is 9.97. The van der Waals surface area contributed by atoms with Gasteiger partial charge < -0.3 is 5.73 Å². The van der Waals surface area contributed by atoms with E-state index in [0.717, 1.165) is 6.42 Å². The van der Waals surface area contributed by atoms with Gasteiger partial charge in [-0.1, -0.05) is 23.8 Å². The van der Waals surface area contributed by atoms with E-state index in [4.69, 9.17) is 5.73 Å². The second kappa shape index (κ2) is 5.34. The standard InChI is InChI=1S/C14H16BrNS/c1-9-3-4-10(2)11(7-9)13(16)8-14-12(15)5-6-17-14/h3-7,13H,8,16H2,1-2H3. The van der Waals surface area contributed by atoms with Crippen LogP contribution in [0.15, 0.2) is 34.1 Å². The van der Waals surface area contributed by atoms with Crippen molar-refractivity contribution in [3.05, 3.63) is 55.7 Å². The Hall–Kier alpha value is -0.640. The lowest BCUT2D eigenvalue weighted by Gasteiger charge is -2.15. The number of nitrogens with two attached hydrogens (primary N) is 1. The summed E-state index contributed by atoms with van der Waals surface area (Å²) >= 11 is 5.31. The molecule has 0 fully saturated rings. The first-order valence-electron chi connectivity index (χ1n) is 5.62. The predicted molar refractivity (Wildman–Crippen MR) is 78.6 cm³/mol. The maximum atomic E-state index is 6.31. The summed E-state index contributed by atoms with van der Waals surface area (Å²) in [6.07, 6.45) is 0.891. The summed E-state index contributed by atoms with van der Waals surface area (Å²) in [6, 6.07) is 8.63. The molecule has 0 amide bonds. The Bertz CT molecular complexity index is 519. The maximum absolute atomic E-state index is 6.31. The lowest BCUT2D eigenvalue weighted by molar-refractivity contribution is 0.722. The van der Waals surface area contributed by atoms with Gasteiger partial charge in [-0.2, -0.15) is 0 Å². The Morgan fingerprint density at radius 1 is 1.29 bits per heavy atom. The molecule has 1 aromatic heterocycles. The van der Waals surface area contributed by atoms with Gasteiger partial charge in [0.05, 0.1) is 0 Å². The number of thiophene rings is 1. The smallest absolute Gasteiger partial charge is 0.0346 e. The molecule has 0 spiro atoms. The third kappa shape index (κ3) is 2.97. The average Bonchev–Trinajstić information content (AvgIpc) is 2.68. The summed E-state index contributed by atoms with van der Waals surface area (Å²) in [5.41, 5.74) is 10.1. The maximum Gasteiger partial charge on any atom is 0.0346 e. The van der Waals surface area contributed by atoms with E-state index in [1.807, 2.05) is 0 Å². The first-order chi connectivity index (χ1) is 8.08. The van der Waals surface area contributed by atoms with E-state index in [-0.39, 0.29) is 6.04 Å². The molecule has 2 N–H and O–H groups in total. The minimum atomic E-state index is 0.0739. The number of hydrogen-bond acceptors (Lipinski definition) is 2. The molecule has 0 radical (unpaired) electrons. The van der Waals surface area contributed by atoms with E-state index in [1.54, 1.807) is 11.3 Å². The van der Waals surface area contributed by atoms with Crippen molar-refractivity contribution in [2.75, 3.05) is 0 Å². The fraction of sp³-hybridized carbons (Fsp3) is 0.286. The van der Waals surface area contributed by atoms with Crippen molar-refractivity contribution in [3.63, 3.8) is 0 Å². The fourth-order valence-corrected chi connectivity index (χ4v) is 3.51. The van der Waals surface area contributed by atoms with Crippen LogP contribution in [0.25, 0.3) is 0 Å². The van der Waals surface area contributed by atoms with Crippen molar-refractivity contribution in [2.45, 2.75) is 26.3 Å². The van der Waals surface area contributed by atoms with Crippen LogP contribution in [0, 0.1) is 13.8 Å². The highest BCUT2D eigenvalue weighted by molar-refractivity contribution is 9.10. The largest absolute Gasteiger partial charge is 0.324 e. The molecule has 2 rings (SSSR count). The van der Waals surface area contributed by atoms with Gasteiger partial charge in [0.2, 0.25) is 0 Å². The van der Waals surface area contributed by atoms with Crippen LogP contribution in [0.2, 0.25) is 0 Å². The van der Waals surface area contributed by atoms with Crippen molar-refractivity contribution in [1.29, 1.82) is 0 Å². The van der Waals surface area contributed by atoms with Crippen molar-refractivity contribution in [1.82, 2.24) is 0 Å². The molecular weight excluding hydrogens is 294 g/mol. The number of hydrogen-bond donors (Lipinski definition) is 1. The summed E-state index contributed by atoms with van der Waals surface area (Å²) in [4.78, 5) is 1.32. The van der Waals surface area contributed by atoms with Crippen LogP contribution in [-0.4, -0.2) is 0 Å². The minimum Gasteiger partial charge on any atom is -0.324 e. The second-order valence-electron chi connectivity index (χ2n) is 4.36. The van der Waals surface area contributed by atoms with Crippen LogP contribution in [0.3, 0.4) is 0 Å². The zero-order chi connectivity index (χ0) is 12.4. The molecule has 0 saturated heterocycles. The first-order valence-corrected chi connectivity index (χ1v) is 7.30. The van der Waals surface area contributed by atoms with Crippen LogP contribution in [0.1, 0.15) is 27.6 Å². The SMILES string of the molecule is Cc1ccc(C)c(C(N)Cc2sccc2Br)c1. The molecular formula is C14H16BrNS. The molecule has 0 saturated carbocycles. The van der Waals surface area contributed by atoms with Gasteiger partial charge in [-0.15, -0.1) is 11.3 Å². The van der Waals surface area contributed by atoms with Gasteiger partial charge in [-0.3, -0.25) is 0 Å².